The average molecular weight is 521 g/mol. The Morgan fingerprint density at radius 2 is 1.58 bits per heavy atom. The number of nitrogens with zero attached hydrogens (tertiary/aromatic N) is 2. The van der Waals surface area contributed by atoms with Crippen molar-refractivity contribution in [3.8, 4) is 0 Å². The maximum atomic E-state index is 12.1. The molecule has 2 unspecified atom stereocenters. The average Bonchev–Trinajstić information content (AvgIpc) is 2.96. The van der Waals surface area contributed by atoms with E-state index in [1.165, 1.54) is 33.5 Å². The number of aromatic nitrogens is 1. The largest absolute Gasteiger partial charge is 1.00 e. The molecule has 0 amide bonds. The molecule has 2 bridgehead atoms. The SMILES string of the molecule is C=C[C@H]1C[N+]2(Cc3c4ccccc4cc4ccccc34)CC[C@H]1C[C@H]2C(O)c1ccnc2ccccc12.[Cl-]. The Morgan fingerprint density at radius 3 is 2.29 bits per heavy atom. The number of pyridine rings is 1. The van der Waals surface area contributed by atoms with E-state index in [0.717, 1.165) is 47.0 Å². The molecule has 8 rings (SSSR count). The van der Waals surface area contributed by atoms with Crippen LogP contribution in [0, 0.1) is 11.8 Å². The van der Waals surface area contributed by atoms with Gasteiger partial charge in [0.1, 0.15) is 18.7 Å². The Balaban J connectivity index is 0.00000264. The first-order chi connectivity index (χ1) is 18.2. The summed E-state index contributed by atoms with van der Waals surface area (Å²) in [6.45, 7) is 7.28. The van der Waals surface area contributed by atoms with Crippen LogP contribution in [-0.4, -0.2) is 33.7 Å². The molecule has 0 spiro atoms. The third-order valence-corrected chi connectivity index (χ3v) is 9.40. The highest BCUT2D eigenvalue weighted by Gasteiger charge is 2.54. The van der Waals surface area contributed by atoms with Crippen LogP contribution in [0.2, 0.25) is 0 Å². The molecule has 38 heavy (non-hydrogen) atoms. The van der Waals surface area contributed by atoms with Crippen molar-refractivity contribution in [3.05, 3.63) is 115 Å². The smallest absolute Gasteiger partial charge is 0.131 e. The van der Waals surface area contributed by atoms with Crippen LogP contribution in [-0.2, 0) is 6.54 Å². The Morgan fingerprint density at radius 1 is 0.921 bits per heavy atom. The molecule has 1 N–H and O–H groups in total. The number of halogens is 1. The second-order valence-electron chi connectivity index (χ2n) is 11.2. The Hall–Kier alpha value is -3.24. The van der Waals surface area contributed by atoms with Crippen molar-refractivity contribution in [1.29, 1.82) is 0 Å². The number of aliphatic hydroxyl groups is 1. The van der Waals surface area contributed by atoms with Gasteiger partial charge in [0.15, 0.2) is 0 Å². The van der Waals surface area contributed by atoms with Gasteiger partial charge in [-0.3, -0.25) is 4.98 Å². The third-order valence-electron chi connectivity index (χ3n) is 9.40. The van der Waals surface area contributed by atoms with Crippen molar-refractivity contribution >= 4 is 32.4 Å². The zero-order valence-corrected chi connectivity index (χ0v) is 22.3. The fourth-order valence-corrected chi connectivity index (χ4v) is 7.56. The van der Waals surface area contributed by atoms with E-state index < -0.39 is 6.10 Å². The summed E-state index contributed by atoms with van der Waals surface area (Å²) in [6, 6.07) is 30.3. The van der Waals surface area contributed by atoms with Crippen LogP contribution in [0.25, 0.3) is 32.4 Å². The van der Waals surface area contributed by atoms with Crippen LogP contribution >= 0.6 is 0 Å². The van der Waals surface area contributed by atoms with E-state index in [1.807, 2.05) is 30.5 Å². The molecular weight excluding hydrogens is 488 g/mol. The van der Waals surface area contributed by atoms with Gasteiger partial charge in [-0.1, -0.05) is 72.8 Å². The van der Waals surface area contributed by atoms with Gasteiger partial charge in [-0.2, -0.15) is 0 Å². The number of hydrogen-bond acceptors (Lipinski definition) is 2. The maximum Gasteiger partial charge on any atom is 0.131 e. The number of quaternary nitrogens is 1. The number of hydrogen-bond donors (Lipinski definition) is 1. The quantitative estimate of drug-likeness (QED) is 0.214. The predicted octanol–water partition coefficient (Wildman–Crippen LogP) is 4.19. The Bertz CT molecular complexity index is 1590. The fourth-order valence-electron chi connectivity index (χ4n) is 7.56. The lowest BCUT2D eigenvalue weighted by Crippen LogP contribution is -3.00. The first-order valence-corrected chi connectivity index (χ1v) is 13.6. The van der Waals surface area contributed by atoms with E-state index in [4.69, 9.17) is 0 Å². The van der Waals surface area contributed by atoms with Gasteiger partial charge in [-0.25, -0.2) is 0 Å². The van der Waals surface area contributed by atoms with Crippen molar-refractivity contribution in [2.75, 3.05) is 13.1 Å². The lowest BCUT2D eigenvalue weighted by molar-refractivity contribution is -0.984. The number of rotatable bonds is 5. The molecule has 4 aromatic carbocycles. The van der Waals surface area contributed by atoms with Gasteiger partial charge in [0, 0.05) is 35.9 Å². The molecule has 5 aromatic rings. The molecule has 3 aliphatic rings. The molecule has 192 valence electrons. The molecule has 3 fully saturated rings. The summed E-state index contributed by atoms with van der Waals surface area (Å²) in [4.78, 5) is 4.57. The molecule has 4 heteroatoms. The molecule has 3 aliphatic heterocycles. The monoisotopic (exact) mass is 520 g/mol. The molecule has 0 saturated carbocycles. The Kier molecular flexibility index (Phi) is 6.47. The van der Waals surface area contributed by atoms with Crippen LogP contribution < -0.4 is 12.4 Å². The topological polar surface area (TPSA) is 33.1 Å². The van der Waals surface area contributed by atoms with Crippen molar-refractivity contribution in [1.82, 2.24) is 4.98 Å². The lowest BCUT2D eigenvalue weighted by Gasteiger charge is -2.58. The molecule has 4 heterocycles. The molecular formula is C34H33ClN2O. The van der Waals surface area contributed by atoms with Gasteiger partial charge in [-0.15, -0.1) is 6.58 Å². The van der Waals surface area contributed by atoms with Crippen molar-refractivity contribution < 1.29 is 22.0 Å². The summed E-state index contributed by atoms with van der Waals surface area (Å²) in [5.41, 5.74) is 3.37. The van der Waals surface area contributed by atoms with E-state index in [9.17, 15) is 5.11 Å². The second-order valence-corrected chi connectivity index (χ2v) is 11.2. The van der Waals surface area contributed by atoms with Crippen LogP contribution in [0.4, 0.5) is 0 Å². The van der Waals surface area contributed by atoms with Gasteiger partial charge in [0.25, 0.3) is 0 Å². The molecule has 0 aliphatic carbocycles. The highest BCUT2D eigenvalue weighted by Crippen LogP contribution is 2.49. The summed E-state index contributed by atoms with van der Waals surface area (Å²) >= 11 is 0. The van der Waals surface area contributed by atoms with Crippen molar-refractivity contribution in [2.24, 2.45) is 11.8 Å². The highest BCUT2D eigenvalue weighted by atomic mass is 35.5. The highest BCUT2D eigenvalue weighted by molar-refractivity contribution is 6.02. The van der Waals surface area contributed by atoms with Gasteiger partial charge in [0.2, 0.25) is 0 Å². The normalized spacial score (nSPS) is 25.3. The van der Waals surface area contributed by atoms with Crippen molar-refractivity contribution in [2.45, 2.75) is 31.5 Å². The van der Waals surface area contributed by atoms with E-state index in [2.05, 4.69) is 78.3 Å². The fraction of sp³-hybridized carbons (Fsp3) is 0.265. The number of aliphatic hydroxyl groups excluding tert-OH is 1. The molecule has 5 atom stereocenters. The zero-order valence-electron chi connectivity index (χ0n) is 21.5. The first kappa shape index (κ1) is 25.1. The minimum absolute atomic E-state index is 0. The summed E-state index contributed by atoms with van der Waals surface area (Å²) in [6.07, 6.45) is 5.72. The summed E-state index contributed by atoms with van der Waals surface area (Å²) in [7, 11) is 0. The predicted molar refractivity (Wildman–Crippen MR) is 152 cm³/mol. The second kappa shape index (κ2) is 9.81. The van der Waals surface area contributed by atoms with Crippen LogP contribution in [0.15, 0.2) is 104 Å². The number of fused-ring (bicyclic) bond motifs is 6. The number of benzene rings is 4. The third kappa shape index (κ3) is 3.92. The van der Waals surface area contributed by atoms with Crippen molar-refractivity contribution in [3.63, 3.8) is 0 Å². The van der Waals surface area contributed by atoms with Crippen LogP contribution in [0.1, 0.15) is 30.1 Å². The zero-order chi connectivity index (χ0) is 25.0. The van der Waals surface area contributed by atoms with Gasteiger partial charge in [-0.05, 0) is 51.2 Å². The first-order valence-electron chi connectivity index (χ1n) is 13.6. The van der Waals surface area contributed by atoms with Gasteiger partial charge in [0.05, 0.1) is 18.6 Å². The minimum Gasteiger partial charge on any atom is -1.00 e. The van der Waals surface area contributed by atoms with E-state index >= 15 is 0 Å². The lowest BCUT2D eigenvalue weighted by atomic mass is 9.71. The summed E-state index contributed by atoms with van der Waals surface area (Å²) in [5, 5.41) is 18.4. The number of para-hydroxylation sites is 1. The van der Waals surface area contributed by atoms with Crippen LogP contribution in [0.5, 0.6) is 0 Å². The molecule has 1 aromatic heterocycles. The number of piperidine rings is 3. The molecule has 0 radical (unpaired) electrons. The van der Waals surface area contributed by atoms with E-state index in [-0.39, 0.29) is 18.4 Å². The summed E-state index contributed by atoms with van der Waals surface area (Å²) < 4.78 is 0.906. The Labute approximate surface area is 230 Å². The van der Waals surface area contributed by atoms with Gasteiger partial charge >= 0.3 is 0 Å². The molecule has 3 saturated heterocycles. The van der Waals surface area contributed by atoms with Gasteiger partial charge < -0.3 is 22.0 Å². The maximum absolute atomic E-state index is 12.1. The minimum atomic E-state index is -0.539. The summed E-state index contributed by atoms with van der Waals surface area (Å²) in [5.74, 6) is 1.09. The van der Waals surface area contributed by atoms with E-state index in [0.29, 0.717) is 11.8 Å². The van der Waals surface area contributed by atoms with E-state index in [1.54, 1.807) is 0 Å². The van der Waals surface area contributed by atoms with Crippen LogP contribution in [0.3, 0.4) is 0 Å². The standard InChI is InChI=1S/C34H33N2O.ClH/c1-2-23-21-36(22-31-27-11-5-3-9-25(27)19-26-10-4-6-12-28(26)31)18-16-24(23)20-33(36)34(37)30-15-17-35-32-14-8-7-13-29(30)32;/h2-15,17,19,23-24,33-34,37H,1,16,18,20-22H2;1H/q+1;/p-1/t23-,24-,33-,34?,36?;/m0./s1. The molecule has 3 nitrogen and oxygen atoms in total.